The molecule has 4 rings (SSSR count). The van der Waals surface area contributed by atoms with Crippen LogP contribution >= 0.6 is 0 Å². The quantitative estimate of drug-likeness (QED) is 0.362. The van der Waals surface area contributed by atoms with E-state index in [0.29, 0.717) is 17.7 Å². The maximum atomic E-state index is 13.3. The number of benzene rings is 2. The lowest BCUT2D eigenvalue weighted by Crippen LogP contribution is -2.31. The van der Waals surface area contributed by atoms with Crippen molar-refractivity contribution in [2.24, 2.45) is 0 Å². The van der Waals surface area contributed by atoms with Crippen molar-refractivity contribution in [1.29, 1.82) is 0 Å². The number of ketones is 1. The number of methoxy groups -OCH3 is 1. The number of carbonyl (C=O) groups is 2. The van der Waals surface area contributed by atoms with Crippen LogP contribution in [0.25, 0.3) is 5.76 Å². The van der Waals surface area contributed by atoms with Crippen molar-refractivity contribution in [1.82, 2.24) is 14.9 Å². The van der Waals surface area contributed by atoms with Crippen LogP contribution in [-0.2, 0) is 16.0 Å². The lowest BCUT2D eigenvalue weighted by atomic mass is 9.95. The Kier molecular flexibility index (Phi) is 5.53. The van der Waals surface area contributed by atoms with Gasteiger partial charge in [-0.25, -0.2) is 9.37 Å². The molecule has 0 saturated carbocycles. The summed E-state index contributed by atoms with van der Waals surface area (Å²) < 4.78 is 18.6. The van der Waals surface area contributed by atoms with Crippen LogP contribution in [0.4, 0.5) is 4.39 Å². The summed E-state index contributed by atoms with van der Waals surface area (Å²) in [4.78, 5) is 34.2. The van der Waals surface area contributed by atoms with Gasteiger partial charge < -0.3 is 19.7 Å². The second-order valence-corrected chi connectivity index (χ2v) is 7.10. The summed E-state index contributed by atoms with van der Waals surface area (Å²) in [5.41, 5.74) is 1.63. The fourth-order valence-corrected chi connectivity index (χ4v) is 3.69. The second-order valence-electron chi connectivity index (χ2n) is 7.10. The number of ether oxygens (including phenoxy) is 1. The van der Waals surface area contributed by atoms with Crippen LogP contribution in [0.1, 0.15) is 22.9 Å². The molecule has 1 aromatic heterocycles. The van der Waals surface area contributed by atoms with Crippen molar-refractivity contribution in [3.05, 3.63) is 89.3 Å². The largest absolute Gasteiger partial charge is 0.507 e. The minimum Gasteiger partial charge on any atom is -0.507 e. The number of Topliss-reactive ketones (excluding diaryl/α,β-unsaturated/α-hetero) is 1. The number of nitrogens with zero attached hydrogens (tertiary/aromatic N) is 2. The van der Waals surface area contributed by atoms with Gasteiger partial charge in [0.2, 0.25) is 0 Å². The van der Waals surface area contributed by atoms with Crippen molar-refractivity contribution >= 4 is 17.4 Å². The minimum atomic E-state index is -0.817. The third kappa shape index (κ3) is 3.92. The first kappa shape index (κ1) is 20.3. The van der Waals surface area contributed by atoms with Gasteiger partial charge in [-0.15, -0.1) is 0 Å². The van der Waals surface area contributed by atoms with Crippen molar-refractivity contribution in [2.45, 2.75) is 12.5 Å². The van der Waals surface area contributed by atoms with E-state index in [1.54, 1.807) is 30.5 Å². The molecule has 1 saturated heterocycles. The first-order valence-electron chi connectivity index (χ1n) is 9.65. The molecular formula is C23H20FN3O4. The summed E-state index contributed by atoms with van der Waals surface area (Å²) in [7, 11) is 1.52. The van der Waals surface area contributed by atoms with E-state index in [1.165, 1.54) is 42.6 Å². The first-order chi connectivity index (χ1) is 15.0. The molecule has 1 aliphatic heterocycles. The smallest absolute Gasteiger partial charge is 0.295 e. The number of aliphatic hydroxyl groups excluding tert-OH is 1. The Balaban J connectivity index is 1.81. The molecule has 8 heteroatoms. The fourth-order valence-electron chi connectivity index (χ4n) is 3.69. The lowest BCUT2D eigenvalue weighted by Gasteiger charge is -2.25. The number of aromatic nitrogens is 2. The van der Waals surface area contributed by atoms with Gasteiger partial charge in [-0.05, 0) is 42.0 Å². The van der Waals surface area contributed by atoms with E-state index in [-0.39, 0.29) is 23.4 Å². The minimum absolute atomic E-state index is 0.0468. The molecule has 1 fully saturated rings. The maximum absolute atomic E-state index is 13.3. The van der Waals surface area contributed by atoms with Crippen LogP contribution in [0.15, 0.2) is 66.6 Å². The van der Waals surface area contributed by atoms with Gasteiger partial charge in [0.25, 0.3) is 11.7 Å². The molecule has 1 amide bonds. The van der Waals surface area contributed by atoms with Crippen LogP contribution in [0, 0.1) is 5.82 Å². The summed E-state index contributed by atoms with van der Waals surface area (Å²) >= 11 is 0. The molecular weight excluding hydrogens is 401 g/mol. The van der Waals surface area contributed by atoms with Crippen LogP contribution in [-0.4, -0.2) is 45.3 Å². The van der Waals surface area contributed by atoms with Gasteiger partial charge in [0.05, 0.1) is 25.1 Å². The molecule has 2 heterocycles. The number of hydrogen-bond donors (Lipinski definition) is 2. The van der Waals surface area contributed by atoms with Crippen molar-refractivity contribution in [3.8, 4) is 5.75 Å². The molecule has 2 N–H and O–H groups in total. The molecule has 2 aromatic carbocycles. The number of amides is 1. The predicted octanol–water partition coefficient (Wildman–Crippen LogP) is 3.22. The normalized spacial score (nSPS) is 17.9. The topological polar surface area (TPSA) is 95.5 Å². The van der Waals surface area contributed by atoms with E-state index in [1.807, 2.05) is 0 Å². The van der Waals surface area contributed by atoms with Crippen molar-refractivity contribution in [2.75, 3.05) is 13.7 Å². The molecule has 0 radical (unpaired) electrons. The molecule has 1 atom stereocenters. The Morgan fingerprint density at radius 3 is 2.68 bits per heavy atom. The van der Waals surface area contributed by atoms with Gasteiger partial charge >= 0.3 is 0 Å². The third-order valence-corrected chi connectivity index (χ3v) is 5.24. The zero-order valence-corrected chi connectivity index (χ0v) is 16.7. The number of likely N-dealkylation sites (tertiary alicyclic amines) is 1. The number of H-pyrrole nitrogens is 1. The van der Waals surface area contributed by atoms with Crippen molar-refractivity contribution < 1.29 is 23.8 Å². The highest BCUT2D eigenvalue weighted by Crippen LogP contribution is 2.40. The standard InChI is InChI=1S/C23H20FN3O4/c1-31-18-4-2-3-15(11-18)20-19(21(28)14-5-7-16(24)8-6-14)22(29)23(30)27(20)10-9-17-12-25-13-26-17/h2-8,11-13,20,28H,9-10H2,1H3,(H,25,26)/t20-/m1/s1. The number of rotatable bonds is 6. The number of nitrogens with one attached hydrogen (secondary N) is 1. The molecule has 158 valence electrons. The van der Waals surface area contributed by atoms with E-state index in [2.05, 4.69) is 9.97 Å². The predicted molar refractivity (Wildman–Crippen MR) is 111 cm³/mol. The molecule has 1 aliphatic rings. The maximum Gasteiger partial charge on any atom is 0.295 e. The molecule has 0 unspecified atom stereocenters. The molecule has 0 spiro atoms. The van der Waals surface area contributed by atoms with E-state index < -0.39 is 23.5 Å². The summed E-state index contributed by atoms with van der Waals surface area (Å²) in [6, 6.07) is 11.3. The average Bonchev–Trinajstić information content (AvgIpc) is 3.39. The Bertz CT molecular complexity index is 1140. The van der Waals surface area contributed by atoms with Crippen LogP contribution in [0.3, 0.4) is 0 Å². The fraction of sp³-hybridized carbons (Fsp3) is 0.174. The lowest BCUT2D eigenvalue weighted by molar-refractivity contribution is -0.139. The zero-order valence-electron chi connectivity index (χ0n) is 16.7. The van der Waals surface area contributed by atoms with Gasteiger partial charge in [0.15, 0.2) is 0 Å². The van der Waals surface area contributed by atoms with Crippen molar-refractivity contribution in [3.63, 3.8) is 0 Å². The van der Waals surface area contributed by atoms with Crippen LogP contribution in [0.5, 0.6) is 5.75 Å². The van der Waals surface area contributed by atoms with E-state index >= 15 is 0 Å². The summed E-state index contributed by atoms with van der Waals surface area (Å²) in [6.07, 6.45) is 3.64. The van der Waals surface area contributed by atoms with E-state index in [9.17, 15) is 19.1 Å². The highest BCUT2D eigenvalue weighted by molar-refractivity contribution is 6.46. The molecule has 0 aliphatic carbocycles. The summed E-state index contributed by atoms with van der Waals surface area (Å²) in [6.45, 7) is 0.231. The van der Waals surface area contributed by atoms with Crippen LogP contribution in [0.2, 0.25) is 0 Å². The Morgan fingerprint density at radius 2 is 2.00 bits per heavy atom. The molecule has 3 aromatic rings. The second kappa shape index (κ2) is 8.43. The highest BCUT2D eigenvalue weighted by atomic mass is 19.1. The zero-order chi connectivity index (χ0) is 22.0. The molecule has 0 bridgehead atoms. The molecule has 7 nitrogen and oxygen atoms in total. The number of aliphatic hydroxyl groups is 1. The Hall–Kier alpha value is -3.94. The average molecular weight is 421 g/mol. The highest BCUT2D eigenvalue weighted by Gasteiger charge is 2.46. The number of carbonyl (C=O) groups excluding carboxylic acids is 2. The SMILES string of the molecule is COc1cccc([C@@H]2C(=C(O)c3ccc(F)cc3)C(=O)C(=O)N2CCc2cnc[nH]2)c1. The van der Waals surface area contributed by atoms with Gasteiger partial charge in [-0.2, -0.15) is 0 Å². The third-order valence-electron chi connectivity index (χ3n) is 5.24. The Morgan fingerprint density at radius 1 is 1.23 bits per heavy atom. The molecule has 31 heavy (non-hydrogen) atoms. The monoisotopic (exact) mass is 421 g/mol. The van der Waals surface area contributed by atoms with E-state index in [0.717, 1.165) is 5.69 Å². The van der Waals surface area contributed by atoms with E-state index in [4.69, 9.17) is 4.74 Å². The van der Waals surface area contributed by atoms with Gasteiger partial charge in [-0.1, -0.05) is 12.1 Å². The number of hydrogen-bond acceptors (Lipinski definition) is 5. The van der Waals surface area contributed by atoms with Gasteiger partial charge in [0, 0.05) is 30.4 Å². The first-order valence-corrected chi connectivity index (χ1v) is 9.65. The Labute approximate surface area is 177 Å². The summed E-state index contributed by atoms with van der Waals surface area (Å²) in [5, 5.41) is 10.9. The summed E-state index contributed by atoms with van der Waals surface area (Å²) in [5.74, 6) is -1.77. The van der Waals surface area contributed by atoms with Crippen LogP contribution < -0.4 is 4.74 Å². The van der Waals surface area contributed by atoms with Gasteiger partial charge in [0.1, 0.15) is 17.3 Å². The number of aromatic amines is 1. The number of halogens is 1. The number of imidazole rings is 1. The van der Waals surface area contributed by atoms with Gasteiger partial charge in [-0.3, -0.25) is 9.59 Å².